The number of halogens is 1. The lowest BCUT2D eigenvalue weighted by Gasteiger charge is -2.34. The Hall–Kier alpha value is -1.38. The summed E-state index contributed by atoms with van der Waals surface area (Å²) in [5.41, 5.74) is 0.769. The standard InChI is InChI=1S/C15H15ClN2O4S/c16-14-10(2-1-3-18-14)8-4-9(6-17-5-8)22-15-13(21)12(20)11(19)7-23-15/h1-6,11-13,15,19-21H,7H2/t11-,12+,13-,15+/m1/s1. The zero-order valence-corrected chi connectivity index (χ0v) is 13.5. The van der Waals surface area contributed by atoms with Crippen molar-refractivity contribution >= 4 is 23.4 Å². The van der Waals surface area contributed by atoms with Crippen molar-refractivity contribution in [2.75, 3.05) is 5.75 Å². The quantitative estimate of drug-likeness (QED) is 0.715. The van der Waals surface area contributed by atoms with Crippen molar-refractivity contribution in [2.45, 2.75) is 23.7 Å². The molecule has 0 spiro atoms. The number of rotatable bonds is 3. The molecule has 0 aliphatic carbocycles. The topological polar surface area (TPSA) is 95.7 Å². The summed E-state index contributed by atoms with van der Waals surface area (Å²) in [6.45, 7) is 0. The molecule has 1 aliphatic rings. The van der Waals surface area contributed by atoms with Crippen molar-refractivity contribution in [3.8, 4) is 16.9 Å². The molecule has 1 aliphatic heterocycles. The van der Waals surface area contributed by atoms with E-state index in [0.717, 1.165) is 11.1 Å². The third kappa shape index (κ3) is 3.59. The Morgan fingerprint density at radius 2 is 2.04 bits per heavy atom. The van der Waals surface area contributed by atoms with E-state index < -0.39 is 23.7 Å². The van der Waals surface area contributed by atoms with Crippen molar-refractivity contribution < 1.29 is 20.1 Å². The predicted molar refractivity (Wildman–Crippen MR) is 87.4 cm³/mol. The molecule has 8 heteroatoms. The summed E-state index contributed by atoms with van der Waals surface area (Å²) in [6.07, 6.45) is 1.37. The van der Waals surface area contributed by atoms with Crippen LogP contribution in [0.25, 0.3) is 11.1 Å². The van der Waals surface area contributed by atoms with Gasteiger partial charge in [0.05, 0.1) is 12.3 Å². The molecule has 4 atom stereocenters. The molecule has 0 radical (unpaired) electrons. The Bertz CT molecular complexity index is 690. The van der Waals surface area contributed by atoms with E-state index >= 15 is 0 Å². The van der Waals surface area contributed by atoms with Gasteiger partial charge < -0.3 is 20.1 Å². The molecule has 0 amide bonds. The molecule has 122 valence electrons. The van der Waals surface area contributed by atoms with Crippen molar-refractivity contribution in [3.05, 3.63) is 41.9 Å². The number of hydrogen-bond donors (Lipinski definition) is 3. The van der Waals surface area contributed by atoms with Gasteiger partial charge in [-0.25, -0.2) is 4.98 Å². The third-order valence-corrected chi connectivity index (χ3v) is 5.03. The molecule has 6 nitrogen and oxygen atoms in total. The molecule has 23 heavy (non-hydrogen) atoms. The summed E-state index contributed by atoms with van der Waals surface area (Å²) in [7, 11) is 0. The number of ether oxygens (including phenoxy) is 1. The lowest BCUT2D eigenvalue weighted by molar-refractivity contribution is -0.0786. The number of hydrogen-bond acceptors (Lipinski definition) is 7. The predicted octanol–water partition coefficient (Wildman–Crippen LogP) is 1.33. The first-order valence-corrected chi connectivity index (χ1v) is 8.37. The lowest BCUT2D eigenvalue weighted by atomic mass is 10.1. The molecule has 3 heterocycles. The second-order valence-corrected chi connectivity index (χ2v) is 6.61. The summed E-state index contributed by atoms with van der Waals surface area (Å²) in [6, 6.07) is 5.33. The van der Waals surface area contributed by atoms with Crippen molar-refractivity contribution in [2.24, 2.45) is 0 Å². The smallest absolute Gasteiger partial charge is 0.173 e. The van der Waals surface area contributed by atoms with Crippen LogP contribution < -0.4 is 4.74 Å². The fraction of sp³-hybridized carbons (Fsp3) is 0.333. The van der Waals surface area contributed by atoms with E-state index in [1.54, 1.807) is 24.5 Å². The molecule has 0 aromatic carbocycles. The average molecular weight is 355 g/mol. The molecule has 2 aromatic heterocycles. The highest BCUT2D eigenvalue weighted by Gasteiger charge is 2.38. The number of thioether (sulfide) groups is 1. The number of nitrogens with zero attached hydrogens (tertiary/aromatic N) is 2. The van der Waals surface area contributed by atoms with E-state index in [-0.39, 0.29) is 5.75 Å². The highest BCUT2D eigenvalue weighted by Crippen LogP contribution is 2.31. The zero-order valence-electron chi connectivity index (χ0n) is 11.9. The van der Waals surface area contributed by atoms with Crippen molar-refractivity contribution in [1.29, 1.82) is 0 Å². The molecule has 0 unspecified atom stereocenters. The summed E-state index contributed by atoms with van der Waals surface area (Å²) < 4.78 is 5.70. The van der Waals surface area contributed by atoms with E-state index in [0.29, 0.717) is 10.9 Å². The Morgan fingerprint density at radius 1 is 1.22 bits per heavy atom. The Morgan fingerprint density at radius 3 is 2.83 bits per heavy atom. The molecule has 3 rings (SSSR count). The first-order valence-electron chi connectivity index (χ1n) is 6.94. The van der Waals surface area contributed by atoms with Gasteiger partial charge in [0.15, 0.2) is 5.44 Å². The number of pyridine rings is 2. The minimum absolute atomic E-state index is 0.282. The molecule has 1 saturated heterocycles. The van der Waals surface area contributed by atoms with Crippen LogP contribution in [0.1, 0.15) is 0 Å². The van der Waals surface area contributed by atoms with Gasteiger partial charge >= 0.3 is 0 Å². The second-order valence-electron chi connectivity index (χ2n) is 5.12. The fourth-order valence-electron chi connectivity index (χ4n) is 2.25. The first kappa shape index (κ1) is 16.5. The van der Waals surface area contributed by atoms with Crippen LogP contribution in [0.3, 0.4) is 0 Å². The van der Waals surface area contributed by atoms with Crippen molar-refractivity contribution in [1.82, 2.24) is 9.97 Å². The maximum absolute atomic E-state index is 9.99. The third-order valence-electron chi connectivity index (χ3n) is 3.49. The van der Waals surface area contributed by atoms with Gasteiger partial charge in [0, 0.05) is 29.3 Å². The van der Waals surface area contributed by atoms with Gasteiger partial charge in [-0.1, -0.05) is 11.6 Å². The molecular formula is C15H15ClN2O4S. The van der Waals surface area contributed by atoms with Gasteiger partial charge in [-0.2, -0.15) is 0 Å². The molecule has 0 saturated carbocycles. The fourth-order valence-corrected chi connectivity index (χ4v) is 3.60. The summed E-state index contributed by atoms with van der Waals surface area (Å²) in [5.74, 6) is 0.715. The van der Waals surface area contributed by atoms with E-state index in [9.17, 15) is 15.3 Å². The van der Waals surface area contributed by atoms with Crippen LogP contribution in [0.4, 0.5) is 0 Å². The van der Waals surface area contributed by atoms with Crippen LogP contribution in [0, 0.1) is 0 Å². The Kier molecular flexibility index (Phi) is 5.03. The maximum Gasteiger partial charge on any atom is 0.173 e. The van der Waals surface area contributed by atoms with Crippen LogP contribution in [0.2, 0.25) is 5.15 Å². The SMILES string of the molecule is O[C@@H]1[C@@H](O)[C@@H](Oc2cncc(-c3cccnc3Cl)c2)SC[C@H]1O. The monoisotopic (exact) mass is 354 g/mol. The number of aliphatic hydroxyl groups excluding tert-OH is 3. The zero-order chi connectivity index (χ0) is 16.4. The van der Waals surface area contributed by atoms with Gasteiger partial charge in [0.1, 0.15) is 23.1 Å². The lowest BCUT2D eigenvalue weighted by Crippen LogP contribution is -2.50. The van der Waals surface area contributed by atoms with Crippen LogP contribution in [0.5, 0.6) is 5.75 Å². The first-order chi connectivity index (χ1) is 11.1. The van der Waals surface area contributed by atoms with E-state index in [2.05, 4.69) is 9.97 Å². The summed E-state index contributed by atoms with van der Waals surface area (Å²) >= 11 is 7.31. The summed E-state index contributed by atoms with van der Waals surface area (Å²) in [5, 5.41) is 29.6. The van der Waals surface area contributed by atoms with Crippen molar-refractivity contribution in [3.63, 3.8) is 0 Å². The molecule has 3 N–H and O–H groups in total. The highest BCUT2D eigenvalue weighted by atomic mass is 35.5. The van der Waals surface area contributed by atoms with E-state index in [1.807, 2.05) is 6.07 Å². The van der Waals surface area contributed by atoms with E-state index in [4.69, 9.17) is 16.3 Å². The molecule has 0 bridgehead atoms. The summed E-state index contributed by atoms with van der Waals surface area (Å²) in [4.78, 5) is 8.14. The van der Waals surface area contributed by atoms with Crippen LogP contribution >= 0.6 is 23.4 Å². The minimum atomic E-state index is -1.23. The van der Waals surface area contributed by atoms with Gasteiger partial charge in [0.2, 0.25) is 0 Å². The largest absolute Gasteiger partial charge is 0.475 e. The molecule has 2 aromatic rings. The van der Waals surface area contributed by atoms with Gasteiger partial charge in [-0.05, 0) is 18.2 Å². The molecule has 1 fully saturated rings. The second kappa shape index (κ2) is 7.02. The van der Waals surface area contributed by atoms with Crippen LogP contribution in [-0.2, 0) is 0 Å². The highest BCUT2D eigenvalue weighted by molar-refractivity contribution is 7.99. The normalized spacial score (nSPS) is 27.7. The van der Waals surface area contributed by atoms with E-state index in [1.165, 1.54) is 18.0 Å². The van der Waals surface area contributed by atoms with Gasteiger partial charge in [0.25, 0.3) is 0 Å². The van der Waals surface area contributed by atoms with Crippen LogP contribution in [0.15, 0.2) is 36.8 Å². The maximum atomic E-state index is 9.99. The van der Waals surface area contributed by atoms with Gasteiger partial charge in [-0.15, -0.1) is 11.8 Å². The average Bonchev–Trinajstić information content (AvgIpc) is 2.56. The minimum Gasteiger partial charge on any atom is -0.475 e. The number of aromatic nitrogens is 2. The Labute approximate surface area is 142 Å². The number of aliphatic hydroxyl groups is 3. The molecular weight excluding hydrogens is 340 g/mol. The van der Waals surface area contributed by atoms with Crippen LogP contribution in [-0.4, -0.2) is 54.8 Å². The van der Waals surface area contributed by atoms with Gasteiger partial charge in [-0.3, -0.25) is 4.98 Å². The Balaban J connectivity index is 1.80.